The first-order chi connectivity index (χ1) is 12.4. The van der Waals surface area contributed by atoms with Crippen LogP contribution in [0.4, 0.5) is 0 Å². The third-order valence-corrected chi connectivity index (χ3v) is 5.29. The minimum Gasteiger partial charge on any atom is -0.489 e. The molecule has 1 N–H and O–H groups in total. The van der Waals surface area contributed by atoms with Crippen molar-refractivity contribution in [1.82, 2.24) is 10.3 Å². The van der Waals surface area contributed by atoms with Gasteiger partial charge >= 0.3 is 0 Å². The first-order valence-corrected chi connectivity index (χ1v) is 9.82. The molecule has 0 aromatic carbocycles. The predicted octanol–water partition coefficient (Wildman–Crippen LogP) is 3.61. The fourth-order valence-corrected chi connectivity index (χ4v) is 3.66. The van der Waals surface area contributed by atoms with Crippen molar-refractivity contribution in [2.75, 3.05) is 13.7 Å². The number of aromatic nitrogens is 1. The van der Waals surface area contributed by atoms with Crippen molar-refractivity contribution in [2.45, 2.75) is 65.6 Å². The van der Waals surface area contributed by atoms with E-state index < -0.39 is 0 Å². The van der Waals surface area contributed by atoms with E-state index in [0.717, 1.165) is 36.7 Å². The zero-order valence-electron chi connectivity index (χ0n) is 16.8. The minimum absolute atomic E-state index is 0.0406. The monoisotopic (exact) mass is 362 g/mol. The molecule has 0 bridgehead atoms. The number of amides is 1. The Labute approximate surface area is 157 Å². The lowest BCUT2D eigenvalue weighted by molar-refractivity contribution is -0.123. The molecule has 1 fully saturated rings. The van der Waals surface area contributed by atoms with Crippen LogP contribution in [0.5, 0.6) is 5.75 Å². The van der Waals surface area contributed by atoms with E-state index >= 15 is 0 Å². The van der Waals surface area contributed by atoms with Crippen LogP contribution in [0.2, 0.25) is 0 Å². The van der Waals surface area contributed by atoms with Crippen LogP contribution in [-0.4, -0.2) is 36.8 Å². The highest BCUT2D eigenvalue weighted by Gasteiger charge is 2.26. The van der Waals surface area contributed by atoms with Crippen LogP contribution in [0.15, 0.2) is 18.5 Å². The number of nitrogens with one attached hydrogen (secondary N) is 1. The van der Waals surface area contributed by atoms with Crippen LogP contribution >= 0.6 is 0 Å². The Morgan fingerprint density at radius 3 is 2.81 bits per heavy atom. The summed E-state index contributed by atoms with van der Waals surface area (Å²) >= 11 is 0. The Balaban J connectivity index is 1.87. The molecule has 1 aliphatic heterocycles. The highest BCUT2D eigenvalue weighted by atomic mass is 16.5. The average Bonchev–Trinajstić information content (AvgIpc) is 2.61. The molecule has 1 amide bonds. The van der Waals surface area contributed by atoms with E-state index in [-0.39, 0.29) is 24.0 Å². The molecular weight excluding hydrogens is 328 g/mol. The van der Waals surface area contributed by atoms with Gasteiger partial charge in [0.1, 0.15) is 5.75 Å². The fraction of sp³-hybridized carbons (Fsp3) is 0.714. The number of ether oxygens (including phenoxy) is 2. The smallest absolute Gasteiger partial charge is 0.222 e. The van der Waals surface area contributed by atoms with Crippen LogP contribution in [0.3, 0.4) is 0 Å². The molecule has 2 rings (SSSR count). The second-order valence-corrected chi connectivity index (χ2v) is 7.93. The Kier molecular flexibility index (Phi) is 7.88. The highest BCUT2D eigenvalue weighted by Crippen LogP contribution is 2.29. The van der Waals surface area contributed by atoms with Crippen LogP contribution in [0, 0.1) is 17.8 Å². The van der Waals surface area contributed by atoms with Gasteiger partial charge in [-0.05, 0) is 49.7 Å². The number of carbonyl (C=O) groups excluding carboxylic acids is 1. The Morgan fingerprint density at radius 2 is 2.12 bits per heavy atom. The molecule has 0 radical (unpaired) electrons. The maximum Gasteiger partial charge on any atom is 0.222 e. The molecule has 2 heterocycles. The summed E-state index contributed by atoms with van der Waals surface area (Å²) in [5, 5.41) is 2.68. The lowest BCUT2D eigenvalue weighted by Gasteiger charge is -2.33. The number of rotatable bonds is 8. The summed E-state index contributed by atoms with van der Waals surface area (Å²) in [6.07, 6.45) is 7.71. The number of pyridine rings is 1. The van der Waals surface area contributed by atoms with Crippen LogP contribution in [-0.2, 0) is 16.0 Å². The molecule has 4 atom stereocenters. The van der Waals surface area contributed by atoms with E-state index in [2.05, 4.69) is 31.1 Å². The van der Waals surface area contributed by atoms with Crippen LogP contribution < -0.4 is 10.1 Å². The Morgan fingerprint density at radius 1 is 1.35 bits per heavy atom. The molecule has 0 saturated carbocycles. The molecule has 1 aromatic rings. The maximum atomic E-state index is 11.7. The van der Waals surface area contributed by atoms with Crippen molar-refractivity contribution in [2.24, 2.45) is 17.8 Å². The van der Waals surface area contributed by atoms with E-state index in [4.69, 9.17) is 9.47 Å². The van der Waals surface area contributed by atoms with Crippen molar-refractivity contribution in [3.8, 4) is 5.75 Å². The van der Waals surface area contributed by atoms with Gasteiger partial charge in [-0.2, -0.15) is 0 Å². The fourth-order valence-electron chi connectivity index (χ4n) is 3.66. The predicted molar refractivity (Wildman–Crippen MR) is 103 cm³/mol. The zero-order valence-corrected chi connectivity index (χ0v) is 16.8. The van der Waals surface area contributed by atoms with E-state index in [0.29, 0.717) is 12.3 Å². The minimum atomic E-state index is -0.0851. The molecule has 1 saturated heterocycles. The van der Waals surface area contributed by atoms with E-state index in [9.17, 15) is 4.79 Å². The first-order valence-electron chi connectivity index (χ1n) is 9.82. The van der Waals surface area contributed by atoms with Crippen molar-refractivity contribution in [1.29, 1.82) is 0 Å². The van der Waals surface area contributed by atoms with Gasteiger partial charge < -0.3 is 14.8 Å². The number of hydrogen-bond acceptors (Lipinski definition) is 4. The molecule has 1 aliphatic rings. The lowest BCUT2D eigenvalue weighted by atomic mass is 9.85. The highest BCUT2D eigenvalue weighted by molar-refractivity contribution is 5.78. The van der Waals surface area contributed by atoms with Crippen molar-refractivity contribution in [3.05, 3.63) is 24.0 Å². The zero-order chi connectivity index (χ0) is 19.1. The summed E-state index contributed by atoms with van der Waals surface area (Å²) in [6.45, 7) is 9.45. The van der Waals surface area contributed by atoms with E-state index in [1.165, 1.54) is 6.42 Å². The molecular formula is C21H34N2O3. The van der Waals surface area contributed by atoms with Gasteiger partial charge in [-0.1, -0.05) is 20.8 Å². The van der Waals surface area contributed by atoms with Crippen molar-refractivity contribution in [3.63, 3.8) is 0 Å². The number of nitrogens with zero attached hydrogens (tertiary/aromatic N) is 1. The molecule has 26 heavy (non-hydrogen) atoms. The SMILES string of the molecule is CNC(=O)C(C)Cc1cncc(OC(C)CC2CC(C(C)C)CCO2)c1. The summed E-state index contributed by atoms with van der Waals surface area (Å²) in [6, 6.07) is 1.99. The Bertz CT molecular complexity index is 576. The van der Waals surface area contributed by atoms with Gasteiger partial charge in [0.25, 0.3) is 0 Å². The Hall–Kier alpha value is -1.62. The topological polar surface area (TPSA) is 60.5 Å². The third kappa shape index (κ3) is 6.27. The summed E-state index contributed by atoms with van der Waals surface area (Å²) in [4.78, 5) is 16.0. The number of hydrogen-bond donors (Lipinski definition) is 1. The van der Waals surface area contributed by atoms with Crippen molar-refractivity contribution >= 4 is 5.91 Å². The average molecular weight is 363 g/mol. The second-order valence-electron chi connectivity index (χ2n) is 7.93. The summed E-state index contributed by atoms with van der Waals surface area (Å²) in [5.74, 6) is 2.17. The largest absolute Gasteiger partial charge is 0.489 e. The quantitative estimate of drug-likeness (QED) is 0.767. The normalized spacial score (nSPS) is 22.7. The first kappa shape index (κ1) is 20.7. The van der Waals surface area contributed by atoms with Crippen LogP contribution in [0.25, 0.3) is 0 Å². The summed E-state index contributed by atoms with van der Waals surface area (Å²) < 4.78 is 12.0. The van der Waals surface area contributed by atoms with Gasteiger partial charge in [0, 0.05) is 32.2 Å². The standard InChI is InChI=1S/C21H34N2O3/c1-14(2)18-6-7-25-19(11-18)9-16(4)26-20-10-17(12-23-13-20)8-15(3)21(24)22-5/h10,12-16,18-19H,6-9,11H2,1-5H3,(H,22,24). The van der Waals surface area contributed by atoms with Crippen LogP contribution in [0.1, 0.15) is 52.5 Å². The van der Waals surface area contributed by atoms with E-state index in [1.54, 1.807) is 19.4 Å². The van der Waals surface area contributed by atoms with Gasteiger partial charge in [-0.15, -0.1) is 0 Å². The third-order valence-electron chi connectivity index (χ3n) is 5.29. The molecule has 0 spiro atoms. The molecule has 0 aliphatic carbocycles. The summed E-state index contributed by atoms with van der Waals surface area (Å²) in [7, 11) is 1.66. The van der Waals surface area contributed by atoms with Gasteiger partial charge in [0.2, 0.25) is 5.91 Å². The molecule has 1 aromatic heterocycles. The molecule has 5 heteroatoms. The molecule has 146 valence electrons. The molecule has 5 nitrogen and oxygen atoms in total. The van der Waals surface area contributed by atoms with E-state index in [1.807, 2.05) is 13.0 Å². The molecule has 4 unspecified atom stereocenters. The van der Waals surface area contributed by atoms with Gasteiger partial charge in [-0.3, -0.25) is 9.78 Å². The van der Waals surface area contributed by atoms with Gasteiger partial charge in [0.15, 0.2) is 0 Å². The van der Waals surface area contributed by atoms with Crippen molar-refractivity contribution < 1.29 is 14.3 Å². The number of carbonyl (C=O) groups is 1. The van der Waals surface area contributed by atoms with Gasteiger partial charge in [0.05, 0.1) is 18.4 Å². The second kappa shape index (κ2) is 9.91. The van der Waals surface area contributed by atoms with Gasteiger partial charge in [-0.25, -0.2) is 0 Å². The lowest BCUT2D eigenvalue weighted by Crippen LogP contribution is -2.32. The maximum absolute atomic E-state index is 11.7. The summed E-state index contributed by atoms with van der Waals surface area (Å²) in [5.41, 5.74) is 1.01.